The van der Waals surface area contributed by atoms with E-state index in [0.717, 1.165) is 11.0 Å². The summed E-state index contributed by atoms with van der Waals surface area (Å²) in [6.45, 7) is 2.06. The monoisotopic (exact) mass is 329 g/mol. The number of benzene rings is 1. The van der Waals surface area contributed by atoms with Crippen molar-refractivity contribution in [1.29, 1.82) is 0 Å². The van der Waals surface area contributed by atoms with Gasteiger partial charge in [0.05, 0.1) is 23.5 Å². The molecule has 24 heavy (non-hydrogen) atoms. The first-order valence-electron chi connectivity index (χ1n) is 7.84. The van der Waals surface area contributed by atoms with E-state index in [0.29, 0.717) is 18.8 Å². The summed E-state index contributed by atoms with van der Waals surface area (Å²) in [5.74, 6) is -0.219. The van der Waals surface area contributed by atoms with Gasteiger partial charge >= 0.3 is 6.03 Å². The SMILES string of the molecule is CC1NC(=O)NC(=O)C1CCC(=O)NCc1nc2ccccc2[nH]1. The van der Waals surface area contributed by atoms with Crippen molar-refractivity contribution in [1.82, 2.24) is 25.9 Å². The third-order valence-corrected chi connectivity index (χ3v) is 4.11. The average Bonchev–Trinajstić information content (AvgIpc) is 2.94. The highest BCUT2D eigenvalue weighted by atomic mass is 16.2. The number of aromatic amines is 1. The van der Waals surface area contributed by atoms with Crippen LogP contribution in [0.1, 0.15) is 25.6 Å². The van der Waals surface area contributed by atoms with Crippen LogP contribution in [0.5, 0.6) is 0 Å². The van der Waals surface area contributed by atoms with Crippen molar-refractivity contribution in [3.63, 3.8) is 0 Å². The summed E-state index contributed by atoms with van der Waals surface area (Å²) in [5.41, 5.74) is 1.77. The first-order chi connectivity index (χ1) is 11.5. The maximum atomic E-state index is 12.0. The van der Waals surface area contributed by atoms with E-state index in [-0.39, 0.29) is 24.3 Å². The lowest BCUT2D eigenvalue weighted by molar-refractivity contribution is -0.126. The summed E-state index contributed by atoms with van der Waals surface area (Å²) < 4.78 is 0. The van der Waals surface area contributed by atoms with Crippen LogP contribution in [0.25, 0.3) is 11.0 Å². The van der Waals surface area contributed by atoms with Gasteiger partial charge in [-0.25, -0.2) is 9.78 Å². The lowest BCUT2D eigenvalue weighted by Crippen LogP contribution is -2.57. The molecule has 1 aliphatic rings. The third-order valence-electron chi connectivity index (χ3n) is 4.11. The van der Waals surface area contributed by atoms with Crippen molar-refractivity contribution >= 4 is 28.9 Å². The van der Waals surface area contributed by atoms with Gasteiger partial charge in [-0.1, -0.05) is 12.1 Å². The first kappa shape index (κ1) is 16.0. The number of fused-ring (bicyclic) bond motifs is 1. The van der Waals surface area contributed by atoms with Crippen LogP contribution in [0.2, 0.25) is 0 Å². The molecule has 2 unspecified atom stereocenters. The Labute approximate surface area is 138 Å². The lowest BCUT2D eigenvalue weighted by Gasteiger charge is -2.28. The van der Waals surface area contributed by atoms with Gasteiger partial charge in [0, 0.05) is 12.5 Å². The molecular formula is C16H19N5O3. The van der Waals surface area contributed by atoms with Gasteiger partial charge in [-0.05, 0) is 25.5 Å². The number of amides is 4. The fraction of sp³-hybridized carbons (Fsp3) is 0.375. The van der Waals surface area contributed by atoms with Crippen LogP contribution in [-0.2, 0) is 16.1 Å². The van der Waals surface area contributed by atoms with Crippen LogP contribution >= 0.6 is 0 Å². The average molecular weight is 329 g/mol. The number of urea groups is 1. The summed E-state index contributed by atoms with van der Waals surface area (Å²) in [4.78, 5) is 42.5. The maximum absolute atomic E-state index is 12.0. The molecule has 126 valence electrons. The topological polar surface area (TPSA) is 116 Å². The summed E-state index contributed by atoms with van der Waals surface area (Å²) in [7, 11) is 0. The number of imide groups is 1. The lowest BCUT2D eigenvalue weighted by atomic mass is 9.93. The number of carbonyl (C=O) groups is 3. The van der Waals surface area contributed by atoms with Crippen molar-refractivity contribution < 1.29 is 14.4 Å². The Bertz CT molecular complexity index is 752. The minimum absolute atomic E-state index is 0.160. The molecule has 8 heteroatoms. The molecule has 2 aromatic rings. The van der Waals surface area contributed by atoms with E-state index < -0.39 is 11.9 Å². The van der Waals surface area contributed by atoms with Gasteiger partial charge in [0.2, 0.25) is 11.8 Å². The molecule has 1 saturated heterocycles. The molecule has 0 saturated carbocycles. The van der Waals surface area contributed by atoms with Crippen molar-refractivity contribution in [2.75, 3.05) is 0 Å². The van der Waals surface area contributed by atoms with E-state index in [2.05, 4.69) is 25.9 Å². The highest BCUT2D eigenvalue weighted by Gasteiger charge is 2.32. The Kier molecular flexibility index (Phi) is 4.45. The fourth-order valence-electron chi connectivity index (χ4n) is 2.80. The van der Waals surface area contributed by atoms with Crippen LogP contribution in [-0.4, -0.2) is 33.9 Å². The standard InChI is InChI=1S/C16H19N5O3/c1-9-10(15(23)21-16(24)18-9)6-7-14(22)17-8-13-19-11-4-2-3-5-12(11)20-13/h2-5,9-10H,6-8H2,1H3,(H,17,22)(H,19,20)(H2,18,21,23,24). The predicted molar refractivity (Wildman–Crippen MR) is 86.8 cm³/mol. The van der Waals surface area contributed by atoms with Gasteiger partial charge in [-0.3, -0.25) is 14.9 Å². The molecule has 1 aromatic heterocycles. The molecule has 1 aliphatic heterocycles. The zero-order chi connectivity index (χ0) is 17.1. The summed E-state index contributed by atoms with van der Waals surface area (Å²) >= 11 is 0. The number of imidazole rings is 1. The maximum Gasteiger partial charge on any atom is 0.321 e. The normalized spacial score (nSPS) is 20.5. The zero-order valence-corrected chi connectivity index (χ0v) is 13.3. The highest BCUT2D eigenvalue weighted by Crippen LogP contribution is 2.15. The number of aromatic nitrogens is 2. The van der Waals surface area contributed by atoms with Crippen LogP contribution in [0.15, 0.2) is 24.3 Å². The molecule has 4 N–H and O–H groups in total. The molecule has 1 fully saturated rings. The van der Waals surface area contributed by atoms with E-state index in [1.165, 1.54) is 0 Å². The first-order valence-corrected chi connectivity index (χ1v) is 7.84. The number of hydrogen-bond acceptors (Lipinski definition) is 4. The quantitative estimate of drug-likeness (QED) is 0.649. The number of para-hydroxylation sites is 2. The molecule has 2 atom stereocenters. The Balaban J connectivity index is 1.49. The second-order valence-corrected chi connectivity index (χ2v) is 5.87. The summed E-state index contributed by atoms with van der Waals surface area (Å²) in [6.07, 6.45) is 0.581. The zero-order valence-electron chi connectivity index (χ0n) is 13.3. The number of nitrogens with zero attached hydrogens (tertiary/aromatic N) is 1. The Morgan fingerprint density at radius 3 is 2.83 bits per heavy atom. The molecule has 0 bridgehead atoms. The van der Waals surface area contributed by atoms with Gasteiger partial charge in [0.25, 0.3) is 0 Å². The molecule has 3 rings (SSSR count). The Morgan fingerprint density at radius 1 is 1.29 bits per heavy atom. The largest absolute Gasteiger partial charge is 0.349 e. The summed E-state index contributed by atoms with van der Waals surface area (Å²) in [6, 6.07) is 6.87. The third kappa shape index (κ3) is 3.53. The minimum atomic E-state index is -0.488. The van der Waals surface area contributed by atoms with Gasteiger partial charge in [0.15, 0.2) is 0 Å². The van der Waals surface area contributed by atoms with Gasteiger partial charge in [-0.2, -0.15) is 0 Å². The van der Waals surface area contributed by atoms with E-state index in [1.807, 2.05) is 24.3 Å². The molecular weight excluding hydrogens is 310 g/mol. The molecule has 0 radical (unpaired) electrons. The number of hydrogen-bond donors (Lipinski definition) is 4. The molecule has 2 heterocycles. The van der Waals surface area contributed by atoms with Crippen molar-refractivity contribution in [3.05, 3.63) is 30.1 Å². The fourth-order valence-corrected chi connectivity index (χ4v) is 2.80. The van der Waals surface area contributed by atoms with Gasteiger partial charge in [0.1, 0.15) is 5.82 Å². The van der Waals surface area contributed by atoms with Crippen LogP contribution in [0, 0.1) is 5.92 Å². The van der Waals surface area contributed by atoms with Gasteiger partial charge in [-0.15, -0.1) is 0 Å². The molecule has 0 spiro atoms. The molecule has 4 amide bonds. The van der Waals surface area contributed by atoms with Crippen LogP contribution < -0.4 is 16.0 Å². The van der Waals surface area contributed by atoms with Crippen LogP contribution in [0.4, 0.5) is 4.79 Å². The predicted octanol–water partition coefficient (Wildman–Crippen LogP) is 0.803. The highest BCUT2D eigenvalue weighted by molar-refractivity contribution is 5.98. The molecule has 1 aromatic carbocycles. The molecule has 8 nitrogen and oxygen atoms in total. The van der Waals surface area contributed by atoms with E-state index in [9.17, 15) is 14.4 Å². The minimum Gasteiger partial charge on any atom is -0.349 e. The van der Waals surface area contributed by atoms with E-state index in [4.69, 9.17) is 0 Å². The van der Waals surface area contributed by atoms with Crippen molar-refractivity contribution in [2.45, 2.75) is 32.4 Å². The Hall–Kier alpha value is -2.90. The number of H-pyrrole nitrogens is 1. The van der Waals surface area contributed by atoms with E-state index in [1.54, 1.807) is 6.92 Å². The van der Waals surface area contributed by atoms with E-state index >= 15 is 0 Å². The van der Waals surface area contributed by atoms with Crippen molar-refractivity contribution in [3.8, 4) is 0 Å². The van der Waals surface area contributed by atoms with Crippen LogP contribution in [0.3, 0.4) is 0 Å². The number of carbonyl (C=O) groups excluding carboxylic acids is 3. The second-order valence-electron chi connectivity index (χ2n) is 5.87. The van der Waals surface area contributed by atoms with Crippen molar-refractivity contribution in [2.24, 2.45) is 5.92 Å². The Morgan fingerprint density at radius 2 is 2.08 bits per heavy atom. The second kappa shape index (κ2) is 6.69. The number of rotatable bonds is 5. The van der Waals surface area contributed by atoms with Gasteiger partial charge < -0.3 is 15.6 Å². The number of nitrogens with one attached hydrogen (secondary N) is 4. The smallest absolute Gasteiger partial charge is 0.321 e. The molecule has 0 aliphatic carbocycles. The summed E-state index contributed by atoms with van der Waals surface area (Å²) in [5, 5.41) is 7.65.